The molecule has 102 valence electrons. The Bertz CT molecular complexity index is 693. The highest BCUT2D eigenvalue weighted by atomic mass is 35.5. The molecule has 1 unspecified atom stereocenters. The van der Waals surface area contributed by atoms with Crippen molar-refractivity contribution in [3.63, 3.8) is 0 Å². The number of hydrogen-bond donors (Lipinski definition) is 0. The first kappa shape index (κ1) is 13.2. The second kappa shape index (κ2) is 5.69. The van der Waals surface area contributed by atoms with Gasteiger partial charge in [-0.3, -0.25) is 0 Å². The number of aromatic nitrogens is 2. The molecule has 0 radical (unpaired) electrons. The number of rotatable bonds is 4. The van der Waals surface area contributed by atoms with Crippen LogP contribution in [0.3, 0.4) is 0 Å². The Kier molecular flexibility index (Phi) is 3.76. The fourth-order valence-corrected chi connectivity index (χ4v) is 3.11. The number of ether oxygens (including phenoxy) is 1. The number of para-hydroxylation sites is 1. The number of alkyl halides is 1. The van der Waals surface area contributed by atoms with E-state index < -0.39 is 0 Å². The molecule has 2 aromatic heterocycles. The molecule has 0 spiro atoms. The molecule has 5 heteroatoms. The van der Waals surface area contributed by atoms with E-state index in [0.717, 1.165) is 21.9 Å². The Hall–Kier alpha value is -1.78. The first-order valence-electron chi connectivity index (χ1n) is 6.14. The number of methoxy groups -OCH3 is 1. The van der Waals surface area contributed by atoms with Gasteiger partial charge in [0.1, 0.15) is 5.75 Å². The lowest BCUT2D eigenvalue weighted by Crippen LogP contribution is -1.93. The van der Waals surface area contributed by atoms with Gasteiger partial charge in [0.25, 0.3) is 0 Å². The normalized spacial score (nSPS) is 12.3. The zero-order valence-corrected chi connectivity index (χ0v) is 12.4. The van der Waals surface area contributed by atoms with Gasteiger partial charge in [-0.25, -0.2) is 4.68 Å². The number of benzene rings is 1. The standard InChI is InChI=1S/C15H13ClN2OS/c1-19-13-7-14(20-10-13)15(16)11-8-17-18(9-11)12-5-3-2-4-6-12/h2-10,15H,1H3. The summed E-state index contributed by atoms with van der Waals surface area (Å²) in [5.41, 5.74) is 1.99. The summed E-state index contributed by atoms with van der Waals surface area (Å²) < 4.78 is 7.02. The second-order valence-corrected chi connectivity index (χ2v) is 5.68. The predicted octanol–water partition coefficient (Wildman–Crippen LogP) is 4.27. The molecular weight excluding hydrogens is 292 g/mol. The van der Waals surface area contributed by atoms with Crippen molar-refractivity contribution in [2.75, 3.05) is 7.11 Å². The molecule has 0 saturated heterocycles. The molecule has 0 amide bonds. The molecule has 0 aliphatic heterocycles. The van der Waals surface area contributed by atoms with E-state index in [4.69, 9.17) is 16.3 Å². The predicted molar refractivity (Wildman–Crippen MR) is 82.1 cm³/mol. The van der Waals surface area contributed by atoms with E-state index in [1.807, 2.05) is 52.7 Å². The summed E-state index contributed by atoms with van der Waals surface area (Å²) in [6.45, 7) is 0. The van der Waals surface area contributed by atoms with E-state index in [1.54, 1.807) is 24.6 Å². The quantitative estimate of drug-likeness (QED) is 0.673. The zero-order chi connectivity index (χ0) is 13.9. The van der Waals surface area contributed by atoms with Gasteiger partial charge in [-0.1, -0.05) is 18.2 Å². The third-order valence-corrected chi connectivity index (χ3v) is 4.59. The maximum absolute atomic E-state index is 6.50. The summed E-state index contributed by atoms with van der Waals surface area (Å²) in [6.07, 6.45) is 3.76. The summed E-state index contributed by atoms with van der Waals surface area (Å²) in [4.78, 5) is 1.05. The topological polar surface area (TPSA) is 27.1 Å². The van der Waals surface area contributed by atoms with Crippen molar-refractivity contribution in [2.45, 2.75) is 5.38 Å². The first-order valence-corrected chi connectivity index (χ1v) is 7.46. The highest BCUT2D eigenvalue weighted by Crippen LogP contribution is 2.35. The van der Waals surface area contributed by atoms with Gasteiger partial charge < -0.3 is 4.74 Å². The van der Waals surface area contributed by atoms with E-state index in [2.05, 4.69) is 5.10 Å². The molecule has 0 aliphatic rings. The summed E-state index contributed by atoms with van der Waals surface area (Å²) in [7, 11) is 1.66. The summed E-state index contributed by atoms with van der Waals surface area (Å²) in [5, 5.41) is 6.11. The Morgan fingerprint density at radius 2 is 2.10 bits per heavy atom. The molecule has 1 aromatic carbocycles. The third-order valence-electron chi connectivity index (χ3n) is 3.00. The van der Waals surface area contributed by atoms with Gasteiger partial charge >= 0.3 is 0 Å². The highest BCUT2D eigenvalue weighted by molar-refractivity contribution is 7.10. The Morgan fingerprint density at radius 3 is 2.80 bits per heavy atom. The molecule has 3 nitrogen and oxygen atoms in total. The van der Waals surface area contributed by atoms with E-state index >= 15 is 0 Å². The van der Waals surface area contributed by atoms with Crippen LogP contribution in [0.4, 0.5) is 0 Å². The van der Waals surface area contributed by atoms with Crippen LogP contribution < -0.4 is 4.74 Å². The van der Waals surface area contributed by atoms with Gasteiger partial charge in [-0.2, -0.15) is 5.10 Å². The Morgan fingerprint density at radius 1 is 1.30 bits per heavy atom. The van der Waals surface area contributed by atoms with Crippen molar-refractivity contribution in [2.24, 2.45) is 0 Å². The second-order valence-electron chi connectivity index (χ2n) is 4.31. The summed E-state index contributed by atoms with van der Waals surface area (Å²) in [6, 6.07) is 11.9. The third kappa shape index (κ3) is 2.57. The average Bonchev–Trinajstić information content (AvgIpc) is 3.17. The molecule has 0 aliphatic carbocycles. The molecule has 0 saturated carbocycles. The van der Waals surface area contributed by atoms with Crippen LogP contribution in [-0.4, -0.2) is 16.9 Å². The van der Waals surface area contributed by atoms with Gasteiger partial charge in [-0.05, 0) is 18.2 Å². The van der Waals surface area contributed by atoms with Crippen molar-refractivity contribution in [1.82, 2.24) is 9.78 Å². The van der Waals surface area contributed by atoms with Crippen LogP contribution in [0.25, 0.3) is 5.69 Å². The van der Waals surface area contributed by atoms with Crippen LogP contribution in [0.2, 0.25) is 0 Å². The first-order chi connectivity index (χ1) is 9.78. The largest absolute Gasteiger partial charge is 0.496 e. The van der Waals surface area contributed by atoms with Crippen LogP contribution >= 0.6 is 22.9 Å². The van der Waals surface area contributed by atoms with Crippen molar-refractivity contribution in [1.29, 1.82) is 0 Å². The monoisotopic (exact) mass is 304 g/mol. The maximum Gasteiger partial charge on any atom is 0.129 e. The molecule has 3 aromatic rings. The van der Waals surface area contributed by atoms with E-state index in [9.17, 15) is 0 Å². The van der Waals surface area contributed by atoms with Crippen LogP contribution in [-0.2, 0) is 0 Å². The molecule has 20 heavy (non-hydrogen) atoms. The minimum Gasteiger partial charge on any atom is -0.496 e. The Labute approximate surface area is 126 Å². The minimum absolute atomic E-state index is 0.207. The van der Waals surface area contributed by atoms with Crippen LogP contribution in [0.1, 0.15) is 15.8 Å². The molecule has 1 atom stereocenters. The van der Waals surface area contributed by atoms with Gasteiger partial charge in [0.05, 0.1) is 24.4 Å². The molecule has 3 rings (SSSR count). The lowest BCUT2D eigenvalue weighted by molar-refractivity contribution is 0.416. The van der Waals surface area contributed by atoms with E-state index in [1.165, 1.54) is 0 Å². The highest BCUT2D eigenvalue weighted by Gasteiger charge is 2.16. The number of halogens is 1. The van der Waals surface area contributed by atoms with Gasteiger partial charge in [-0.15, -0.1) is 22.9 Å². The fourth-order valence-electron chi connectivity index (χ4n) is 1.93. The lowest BCUT2D eigenvalue weighted by Gasteiger charge is -2.03. The SMILES string of the molecule is COc1csc(C(Cl)c2cnn(-c3ccccc3)c2)c1. The molecule has 0 bridgehead atoms. The number of thiophene rings is 1. The van der Waals surface area contributed by atoms with Crippen LogP contribution in [0, 0.1) is 0 Å². The van der Waals surface area contributed by atoms with Gasteiger partial charge in [0.2, 0.25) is 0 Å². The van der Waals surface area contributed by atoms with E-state index in [-0.39, 0.29) is 5.38 Å². The van der Waals surface area contributed by atoms with Crippen molar-refractivity contribution in [3.05, 3.63) is 64.6 Å². The molecule has 0 fully saturated rings. The average molecular weight is 305 g/mol. The van der Waals surface area contributed by atoms with Crippen molar-refractivity contribution < 1.29 is 4.74 Å². The zero-order valence-electron chi connectivity index (χ0n) is 10.9. The molecule has 2 heterocycles. The van der Waals surface area contributed by atoms with Gasteiger partial charge in [0.15, 0.2) is 0 Å². The van der Waals surface area contributed by atoms with E-state index in [0.29, 0.717) is 0 Å². The smallest absolute Gasteiger partial charge is 0.129 e. The minimum atomic E-state index is -0.207. The summed E-state index contributed by atoms with van der Waals surface area (Å²) in [5.74, 6) is 0.839. The summed E-state index contributed by atoms with van der Waals surface area (Å²) >= 11 is 8.09. The van der Waals surface area contributed by atoms with Crippen LogP contribution in [0.5, 0.6) is 5.75 Å². The number of nitrogens with zero attached hydrogens (tertiary/aromatic N) is 2. The van der Waals surface area contributed by atoms with Crippen molar-refractivity contribution in [3.8, 4) is 11.4 Å². The number of hydrogen-bond acceptors (Lipinski definition) is 3. The fraction of sp³-hybridized carbons (Fsp3) is 0.133. The molecular formula is C15H13ClN2OS. The van der Waals surface area contributed by atoms with Gasteiger partial charge in [0, 0.05) is 22.0 Å². The van der Waals surface area contributed by atoms with Crippen molar-refractivity contribution >= 4 is 22.9 Å². The van der Waals surface area contributed by atoms with Crippen LogP contribution in [0.15, 0.2) is 54.2 Å². The lowest BCUT2D eigenvalue weighted by atomic mass is 10.2. The maximum atomic E-state index is 6.50. The molecule has 0 N–H and O–H groups in total. The Balaban J connectivity index is 1.86.